The second-order valence-electron chi connectivity index (χ2n) is 3.96. The number of carbonyl (C=O) groups excluding carboxylic acids is 1. The fourth-order valence-electron chi connectivity index (χ4n) is 1.33. The van der Waals surface area contributed by atoms with Gasteiger partial charge in [0.15, 0.2) is 0 Å². The van der Waals surface area contributed by atoms with Crippen LogP contribution in [0.3, 0.4) is 0 Å². The van der Waals surface area contributed by atoms with Crippen molar-refractivity contribution in [1.29, 1.82) is 0 Å². The van der Waals surface area contributed by atoms with E-state index in [0.717, 1.165) is 24.0 Å². The van der Waals surface area contributed by atoms with Crippen LogP contribution in [0.2, 0.25) is 0 Å². The van der Waals surface area contributed by atoms with E-state index in [-0.39, 0.29) is 11.9 Å². The summed E-state index contributed by atoms with van der Waals surface area (Å²) in [6.07, 6.45) is 1.98. The molecule has 0 bridgehead atoms. The summed E-state index contributed by atoms with van der Waals surface area (Å²) >= 11 is 0. The van der Waals surface area contributed by atoms with Gasteiger partial charge in [0.2, 0.25) is 0 Å². The van der Waals surface area contributed by atoms with Gasteiger partial charge in [0.05, 0.1) is 5.92 Å². The maximum Gasteiger partial charge on any atom is 0.314 e. The third-order valence-corrected chi connectivity index (χ3v) is 2.46. The predicted octanol–water partition coefficient (Wildman–Crippen LogP) is 2.62. The lowest BCUT2D eigenvalue weighted by molar-refractivity contribution is -0.135. The smallest absolute Gasteiger partial charge is 0.314 e. The number of rotatable bonds is 2. The molecule has 2 heteroatoms. The molecule has 0 atom stereocenters. The molecule has 1 fully saturated rings. The average Bonchev–Trinajstić information content (AvgIpc) is 2.94. The molecule has 0 aliphatic heterocycles. The first-order valence-corrected chi connectivity index (χ1v) is 4.96. The first kappa shape index (κ1) is 9.25. The third-order valence-electron chi connectivity index (χ3n) is 2.46. The minimum Gasteiger partial charge on any atom is -0.426 e. The fraction of sp³-hybridized carbons (Fsp3) is 0.417. The highest BCUT2D eigenvalue weighted by molar-refractivity contribution is 5.77. The zero-order valence-corrected chi connectivity index (χ0v) is 8.54. The van der Waals surface area contributed by atoms with E-state index in [0.29, 0.717) is 5.75 Å². The summed E-state index contributed by atoms with van der Waals surface area (Å²) in [5.74, 6) is 0.801. The topological polar surface area (TPSA) is 26.3 Å². The fourth-order valence-corrected chi connectivity index (χ4v) is 1.33. The van der Waals surface area contributed by atoms with E-state index in [2.05, 4.69) is 0 Å². The lowest BCUT2D eigenvalue weighted by Gasteiger charge is -2.07. The van der Waals surface area contributed by atoms with Crippen LogP contribution in [-0.4, -0.2) is 5.97 Å². The van der Waals surface area contributed by atoms with Gasteiger partial charge in [0, 0.05) is 0 Å². The molecule has 0 radical (unpaired) electrons. The molecule has 0 N–H and O–H groups in total. The summed E-state index contributed by atoms with van der Waals surface area (Å²) in [6, 6.07) is 5.91. The molecule has 74 valence electrons. The summed E-state index contributed by atoms with van der Waals surface area (Å²) in [5, 5.41) is 0. The summed E-state index contributed by atoms with van der Waals surface area (Å²) < 4.78 is 5.31. The van der Waals surface area contributed by atoms with Crippen LogP contribution in [0, 0.1) is 19.8 Å². The van der Waals surface area contributed by atoms with Gasteiger partial charge in [-0.15, -0.1) is 0 Å². The Morgan fingerprint density at radius 3 is 2.71 bits per heavy atom. The second-order valence-corrected chi connectivity index (χ2v) is 3.96. The van der Waals surface area contributed by atoms with Gasteiger partial charge >= 0.3 is 5.97 Å². The zero-order valence-electron chi connectivity index (χ0n) is 8.54. The van der Waals surface area contributed by atoms with E-state index >= 15 is 0 Å². The van der Waals surface area contributed by atoms with Crippen molar-refractivity contribution >= 4 is 5.97 Å². The van der Waals surface area contributed by atoms with Crippen molar-refractivity contribution in [2.45, 2.75) is 26.7 Å². The zero-order chi connectivity index (χ0) is 10.1. The minimum absolute atomic E-state index is 0.0706. The Kier molecular flexibility index (Phi) is 2.28. The quantitative estimate of drug-likeness (QED) is 0.529. The van der Waals surface area contributed by atoms with E-state index < -0.39 is 0 Å². The number of benzene rings is 1. The molecular weight excluding hydrogens is 176 g/mol. The van der Waals surface area contributed by atoms with Crippen LogP contribution >= 0.6 is 0 Å². The highest BCUT2D eigenvalue weighted by Gasteiger charge is 2.31. The number of aryl methyl sites for hydroxylation is 2. The standard InChI is InChI=1S/C12H14O2/c1-8-3-4-9(2)11(7-8)14-12(13)10-5-6-10/h3-4,7,10H,5-6H2,1-2H3. The Labute approximate surface area is 83.9 Å². The van der Waals surface area contributed by atoms with E-state index in [1.165, 1.54) is 0 Å². The highest BCUT2D eigenvalue weighted by atomic mass is 16.5. The van der Waals surface area contributed by atoms with Crippen molar-refractivity contribution in [3.05, 3.63) is 29.3 Å². The van der Waals surface area contributed by atoms with Crippen LogP contribution in [0.25, 0.3) is 0 Å². The van der Waals surface area contributed by atoms with Crippen LogP contribution in [-0.2, 0) is 4.79 Å². The Hall–Kier alpha value is -1.31. The Bertz CT molecular complexity index is 365. The maximum atomic E-state index is 11.4. The number of ether oxygens (including phenoxy) is 1. The van der Waals surface area contributed by atoms with E-state index in [1.54, 1.807) is 0 Å². The lowest BCUT2D eigenvalue weighted by Crippen LogP contribution is -2.10. The summed E-state index contributed by atoms with van der Waals surface area (Å²) in [7, 11) is 0. The van der Waals surface area contributed by atoms with Crippen molar-refractivity contribution in [3.8, 4) is 5.75 Å². The summed E-state index contributed by atoms with van der Waals surface area (Å²) in [4.78, 5) is 11.4. The number of esters is 1. The molecule has 0 saturated heterocycles. The molecule has 1 saturated carbocycles. The molecule has 1 aromatic rings. The van der Waals surface area contributed by atoms with Crippen LogP contribution in [0.4, 0.5) is 0 Å². The van der Waals surface area contributed by atoms with E-state index in [1.807, 2.05) is 32.0 Å². The molecule has 1 aliphatic carbocycles. The Balaban J connectivity index is 2.14. The molecule has 0 heterocycles. The molecule has 1 aliphatic rings. The maximum absolute atomic E-state index is 11.4. The van der Waals surface area contributed by atoms with Crippen LogP contribution in [0.15, 0.2) is 18.2 Å². The van der Waals surface area contributed by atoms with Gasteiger partial charge in [0.25, 0.3) is 0 Å². The second kappa shape index (κ2) is 3.45. The monoisotopic (exact) mass is 190 g/mol. The van der Waals surface area contributed by atoms with Crippen molar-refractivity contribution in [2.24, 2.45) is 5.92 Å². The molecule has 2 rings (SSSR count). The highest BCUT2D eigenvalue weighted by Crippen LogP contribution is 2.31. The number of hydrogen-bond donors (Lipinski definition) is 0. The predicted molar refractivity (Wildman–Crippen MR) is 54.3 cm³/mol. The number of carbonyl (C=O) groups is 1. The van der Waals surface area contributed by atoms with Gasteiger partial charge in [-0.2, -0.15) is 0 Å². The van der Waals surface area contributed by atoms with Crippen LogP contribution in [0.1, 0.15) is 24.0 Å². The van der Waals surface area contributed by atoms with Crippen molar-refractivity contribution in [3.63, 3.8) is 0 Å². The minimum atomic E-state index is -0.0706. The van der Waals surface area contributed by atoms with E-state index in [4.69, 9.17) is 4.74 Å². The molecule has 0 amide bonds. The van der Waals surface area contributed by atoms with Gasteiger partial charge in [-0.05, 0) is 43.9 Å². The van der Waals surface area contributed by atoms with Gasteiger partial charge < -0.3 is 4.74 Å². The van der Waals surface area contributed by atoms with Crippen LogP contribution in [0.5, 0.6) is 5.75 Å². The Morgan fingerprint density at radius 2 is 2.07 bits per heavy atom. The normalized spacial score (nSPS) is 15.3. The largest absolute Gasteiger partial charge is 0.426 e. The number of hydrogen-bond acceptors (Lipinski definition) is 2. The lowest BCUT2D eigenvalue weighted by atomic mass is 10.1. The van der Waals surface area contributed by atoms with Crippen LogP contribution < -0.4 is 4.74 Å². The summed E-state index contributed by atoms with van der Waals surface area (Å²) in [6.45, 7) is 3.95. The third kappa shape index (κ3) is 1.95. The first-order valence-electron chi connectivity index (χ1n) is 4.96. The van der Waals surface area contributed by atoms with Gasteiger partial charge in [-0.3, -0.25) is 4.79 Å². The molecule has 14 heavy (non-hydrogen) atoms. The summed E-state index contributed by atoms with van der Waals surface area (Å²) in [5.41, 5.74) is 2.14. The average molecular weight is 190 g/mol. The molecule has 1 aromatic carbocycles. The Morgan fingerprint density at radius 1 is 1.36 bits per heavy atom. The molecule has 0 unspecified atom stereocenters. The van der Waals surface area contributed by atoms with Crippen molar-refractivity contribution in [1.82, 2.24) is 0 Å². The molecule has 2 nitrogen and oxygen atoms in total. The first-order chi connectivity index (χ1) is 6.66. The van der Waals surface area contributed by atoms with Gasteiger partial charge in [-0.1, -0.05) is 12.1 Å². The van der Waals surface area contributed by atoms with Crippen molar-refractivity contribution in [2.75, 3.05) is 0 Å². The molecule has 0 spiro atoms. The van der Waals surface area contributed by atoms with Gasteiger partial charge in [-0.25, -0.2) is 0 Å². The van der Waals surface area contributed by atoms with Crippen molar-refractivity contribution < 1.29 is 9.53 Å². The SMILES string of the molecule is Cc1ccc(C)c(OC(=O)C2CC2)c1. The molecular formula is C12H14O2. The molecule has 0 aromatic heterocycles. The van der Waals surface area contributed by atoms with Gasteiger partial charge in [0.1, 0.15) is 5.75 Å². The van der Waals surface area contributed by atoms with E-state index in [9.17, 15) is 4.79 Å².